The van der Waals surface area contributed by atoms with Crippen molar-refractivity contribution in [3.63, 3.8) is 0 Å². The molecular weight excluding hydrogens is 324 g/mol. The number of ether oxygens (including phenoxy) is 1. The Morgan fingerprint density at radius 1 is 1.24 bits per heavy atom. The summed E-state index contributed by atoms with van der Waals surface area (Å²) < 4.78 is 6.84. The van der Waals surface area contributed by atoms with Gasteiger partial charge in [0.2, 0.25) is 0 Å². The Bertz CT molecular complexity index is 890. The van der Waals surface area contributed by atoms with E-state index >= 15 is 0 Å². The molecule has 0 radical (unpaired) electrons. The number of carbonyl (C=O) groups excluding carboxylic acids is 1. The molecule has 4 rings (SSSR count). The van der Waals surface area contributed by atoms with Crippen LogP contribution >= 0.6 is 0 Å². The van der Waals surface area contributed by atoms with Crippen LogP contribution < -0.4 is 10.2 Å². The van der Waals surface area contributed by atoms with Crippen molar-refractivity contribution in [3.8, 4) is 0 Å². The molecule has 0 aromatic carbocycles. The van der Waals surface area contributed by atoms with Gasteiger partial charge >= 0.3 is 0 Å². The van der Waals surface area contributed by atoms with Crippen LogP contribution in [0.1, 0.15) is 16.1 Å². The first-order valence-electron chi connectivity index (χ1n) is 7.89. The van der Waals surface area contributed by atoms with Crippen LogP contribution in [0.5, 0.6) is 0 Å². The van der Waals surface area contributed by atoms with E-state index in [2.05, 4.69) is 35.7 Å². The molecule has 1 amide bonds. The van der Waals surface area contributed by atoms with E-state index in [1.165, 1.54) is 10.8 Å². The van der Waals surface area contributed by atoms with Crippen molar-refractivity contribution < 1.29 is 9.53 Å². The first kappa shape index (κ1) is 15.4. The van der Waals surface area contributed by atoms with Crippen molar-refractivity contribution in [1.82, 2.24) is 35.3 Å². The number of nitrogens with zero attached hydrogens (tertiary/aromatic N) is 7. The third kappa shape index (κ3) is 3.38. The third-order valence-electron chi connectivity index (χ3n) is 3.93. The topological polar surface area (TPSA) is 110 Å². The Balaban J connectivity index is 1.42. The highest BCUT2D eigenvalue weighted by Gasteiger charge is 2.13. The van der Waals surface area contributed by atoms with Gasteiger partial charge in [0.15, 0.2) is 5.65 Å². The van der Waals surface area contributed by atoms with Gasteiger partial charge in [0, 0.05) is 30.9 Å². The van der Waals surface area contributed by atoms with Crippen molar-refractivity contribution in [3.05, 3.63) is 42.0 Å². The number of nitrogens with one attached hydrogen (secondary N) is 1. The van der Waals surface area contributed by atoms with Gasteiger partial charge in [0.25, 0.3) is 5.91 Å². The molecule has 25 heavy (non-hydrogen) atoms. The number of rotatable bonds is 4. The molecule has 0 atom stereocenters. The number of amides is 1. The van der Waals surface area contributed by atoms with Crippen LogP contribution in [0.4, 0.5) is 5.82 Å². The van der Waals surface area contributed by atoms with Crippen LogP contribution in [-0.2, 0) is 11.3 Å². The van der Waals surface area contributed by atoms with Crippen LogP contribution in [0.15, 0.2) is 30.7 Å². The van der Waals surface area contributed by atoms with Crippen molar-refractivity contribution in [2.75, 3.05) is 31.2 Å². The van der Waals surface area contributed by atoms with Crippen molar-refractivity contribution >= 4 is 17.4 Å². The smallest absolute Gasteiger partial charge is 0.251 e. The van der Waals surface area contributed by atoms with Crippen molar-refractivity contribution in [1.29, 1.82) is 0 Å². The number of tetrazole rings is 1. The molecule has 1 N–H and O–H groups in total. The second-order valence-electron chi connectivity index (χ2n) is 5.55. The van der Waals surface area contributed by atoms with Gasteiger partial charge in [0.05, 0.1) is 25.5 Å². The summed E-state index contributed by atoms with van der Waals surface area (Å²) in [6.07, 6.45) is 3.16. The van der Waals surface area contributed by atoms with Gasteiger partial charge in [-0.05, 0) is 22.6 Å². The fourth-order valence-corrected chi connectivity index (χ4v) is 2.60. The van der Waals surface area contributed by atoms with E-state index < -0.39 is 0 Å². The van der Waals surface area contributed by atoms with Gasteiger partial charge in [-0.3, -0.25) is 4.79 Å². The first-order valence-corrected chi connectivity index (χ1v) is 7.89. The third-order valence-corrected chi connectivity index (χ3v) is 3.93. The van der Waals surface area contributed by atoms with E-state index in [-0.39, 0.29) is 5.91 Å². The van der Waals surface area contributed by atoms with E-state index in [0.29, 0.717) is 31.0 Å². The summed E-state index contributed by atoms with van der Waals surface area (Å²) >= 11 is 0. The Kier molecular flexibility index (Phi) is 4.17. The lowest BCUT2D eigenvalue weighted by molar-refractivity contribution is 0.0950. The maximum Gasteiger partial charge on any atom is 0.251 e. The summed E-state index contributed by atoms with van der Waals surface area (Å²) in [6, 6.07) is 5.18. The van der Waals surface area contributed by atoms with Crippen molar-refractivity contribution in [2.45, 2.75) is 6.54 Å². The van der Waals surface area contributed by atoms with Gasteiger partial charge in [-0.1, -0.05) is 0 Å². The van der Waals surface area contributed by atoms with E-state index in [4.69, 9.17) is 4.74 Å². The highest BCUT2D eigenvalue weighted by atomic mass is 16.5. The summed E-state index contributed by atoms with van der Waals surface area (Å²) in [7, 11) is 0. The van der Waals surface area contributed by atoms with Crippen LogP contribution in [0.2, 0.25) is 0 Å². The van der Waals surface area contributed by atoms with Crippen LogP contribution in [0.25, 0.3) is 5.65 Å². The van der Waals surface area contributed by atoms with E-state index in [0.717, 1.165) is 24.6 Å². The number of fused-ring (bicyclic) bond motifs is 1. The van der Waals surface area contributed by atoms with Crippen LogP contribution in [-0.4, -0.2) is 62.2 Å². The molecule has 0 bridgehead atoms. The molecule has 1 aliphatic heterocycles. The molecule has 1 saturated heterocycles. The molecule has 10 nitrogen and oxygen atoms in total. The predicted molar refractivity (Wildman–Crippen MR) is 87.0 cm³/mol. The number of aromatic nitrogens is 6. The molecule has 1 aliphatic rings. The Morgan fingerprint density at radius 2 is 2.12 bits per heavy atom. The molecule has 4 heterocycles. The SMILES string of the molecule is O=C(NCc1cc(N2CCOCC2)ncn1)c1ccn2nnnc2c1. The van der Waals surface area contributed by atoms with Crippen LogP contribution in [0.3, 0.4) is 0 Å². The number of carbonyl (C=O) groups is 1. The van der Waals surface area contributed by atoms with Crippen LogP contribution in [0, 0.1) is 0 Å². The lowest BCUT2D eigenvalue weighted by Gasteiger charge is -2.27. The summed E-state index contributed by atoms with van der Waals surface area (Å²) in [5.74, 6) is 0.635. The van der Waals surface area contributed by atoms with Gasteiger partial charge < -0.3 is 15.0 Å². The molecule has 0 unspecified atom stereocenters. The zero-order valence-electron chi connectivity index (χ0n) is 13.4. The average molecular weight is 340 g/mol. The minimum absolute atomic E-state index is 0.211. The largest absolute Gasteiger partial charge is 0.378 e. The van der Waals surface area contributed by atoms with Gasteiger partial charge in [-0.25, -0.2) is 14.5 Å². The molecule has 3 aromatic rings. The molecule has 0 saturated carbocycles. The highest BCUT2D eigenvalue weighted by molar-refractivity contribution is 5.94. The van der Waals surface area contributed by atoms with Gasteiger partial charge in [-0.15, -0.1) is 5.10 Å². The number of pyridine rings is 1. The molecule has 0 aliphatic carbocycles. The maximum atomic E-state index is 12.3. The second-order valence-corrected chi connectivity index (χ2v) is 5.55. The first-order chi connectivity index (χ1) is 12.3. The molecular formula is C15H16N8O2. The summed E-state index contributed by atoms with van der Waals surface area (Å²) in [4.78, 5) is 23.0. The maximum absolute atomic E-state index is 12.3. The average Bonchev–Trinajstić information content (AvgIpc) is 3.15. The molecule has 3 aromatic heterocycles. The zero-order valence-corrected chi connectivity index (χ0v) is 13.4. The van der Waals surface area contributed by atoms with E-state index in [9.17, 15) is 4.79 Å². The monoisotopic (exact) mass is 340 g/mol. The lowest BCUT2D eigenvalue weighted by atomic mass is 10.2. The predicted octanol–water partition coefficient (Wildman–Crippen LogP) is -0.319. The molecule has 10 heteroatoms. The fraction of sp³-hybridized carbons (Fsp3) is 0.333. The van der Waals surface area contributed by atoms with Crippen molar-refractivity contribution in [2.24, 2.45) is 0 Å². The second kappa shape index (κ2) is 6.77. The fourth-order valence-electron chi connectivity index (χ4n) is 2.60. The number of anilines is 1. The standard InChI is InChI=1S/C15H16N8O2/c24-15(11-1-2-23-14(7-11)19-20-21-23)16-9-12-8-13(18-10-17-12)22-3-5-25-6-4-22/h1-2,7-8,10H,3-6,9H2,(H,16,24). The minimum atomic E-state index is -0.211. The number of hydrogen-bond acceptors (Lipinski definition) is 8. The quantitative estimate of drug-likeness (QED) is 0.688. The highest BCUT2D eigenvalue weighted by Crippen LogP contribution is 2.13. The number of morpholine rings is 1. The van der Waals surface area contributed by atoms with E-state index in [1.54, 1.807) is 18.3 Å². The van der Waals surface area contributed by atoms with Gasteiger partial charge in [-0.2, -0.15) is 0 Å². The Morgan fingerprint density at radius 3 is 3.00 bits per heavy atom. The zero-order chi connectivity index (χ0) is 17.1. The Labute approximate surface area is 142 Å². The Hall–Kier alpha value is -3.14. The van der Waals surface area contributed by atoms with Gasteiger partial charge in [0.1, 0.15) is 12.1 Å². The summed E-state index contributed by atoms with van der Waals surface area (Å²) in [6.45, 7) is 3.30. The summed E-state index contributed by atoms with van der Waals surface area (Å²) in [5.41, 5.74) is 1.75. The molecule has 0 spiro atoms. The number of hydrogen-bond donors (Lipinski definition) is 1. The molecule has 1 fully saturated rings. The summed E-state index contributed by atoms with van der Waals surface area (Å²) in [5, 5.41) is 14.0. The normalized spacial score (nSPS) is 14.6. The minimum Gasteiger partial charge on any atom is -0.378 e. The van der Waals surface area contributed by atoms with E-state index in [1.807, 2.05) is 6.07 Å². The molecule has 128 valence electrons. The lowest BCUT2D eigenvalue weighted by Crippen LogP contribution is -2.37.